The van der Waals surface area contributed by atoms with Crippen molar-refractivity contribution >= 4 is 23.0 Å². The van der Waals surface area contributed by atoms with Crippen LogP contribution in [0.4, 0.5) is 10.1 Å². The Hall–Kier alpha value is -2.72. The van der Waals surface area contributed by atoms with E-state index in [2.05, 4.69) is 28.8 Å². The molecule has 3 aromatic rings. The number of nitrogens with one attached hydrogen (secondary N) is 2. The van der Waals surface area contributed by atoms with E-state index in [4.69, 9.17) is 12.2 Å². The topological polar surface area (TPSA) is 24.1 Å². The van der Waals surface area contributed by atoms with Crippen LogP contribution in [0.3, 0.4) is 0 Å². The lowest BCUT2D eigenvalue weighted by molar-refractivity contribution is 0.627. The molecular formula is C20H17FN2S. The van der Waals surface area contributed by atoms with Gasteiger partial charge in [-0.1, -0.05) is 60.7 Å². The highest BCUT2D eigenvalue weighted by atomic mass is 32.1. The van der Waals surface area contributed by atoms with Gasteiger partial charge in [0.1, 0.15) is 5.82 Å². The van der Waals surface area contributed by atoms with Gasteiger partial charge in [-0.15, -0.1) is 0 Å². The molecule has 0 fully saturated rings. The number of hydrogen-bond acceptors (Lipinski definition) is 1. The fourth-order valence-electron chi connectivity index (χ4n) is 2.41. The van der Waals surface area contributed by atoms with Crippen LogP contribution in [0, 0.1) is 5.82 Å². The Bertz CT molecular complexity index is 817. The third-order valence-electron chi connectivity index (χ3n) is 3.63. The number of halogens is 1. The number of rotatable bonds is 4. The standard InChI is InChI=1S/C20H17FN2S/c21-17-12-10-15(11-13-17)14-22-20(24)23-19-9-5-4-8-18(19)16-6-2-1-3-7-16/h1-13H,14H2,(H2,22,23,24). The summed E-state index contributed by atoms with van der Waals surface area (Å²) >= 11 is 5.37. The van der Waals surface area contributed by atoms with Crippen molar-refractivity contribution in [2.75, 3.05) is 5.32 Å². The van der Waals surface area contributed by atoms with Crippen molar-refractivity contribution in [3.63, 3.8) is 0 Å². The largest absolute Gasteiger partial charge is 0.358 e. The van der Waals surface area contributed by atoms with E-state index < -0.39 is 0 Å². The van der Waals surface area contributed by atoms with Crippen LogP contribution in [-0.2, 0) is 6.54 Å². The molecule has 0 bridgehead atoms. The molecule has 0 aliphatic rings. The molecule has 4 heteroatoms. The molecule has 0 unspecified atom stereocenters. The van der Waals surface area contributed by atoms with E-state index in [1.54, 1.807) is 12.1 Å². The predicted molar refractivity (Wildman–Crippen MR) is 101 cm³/mol. The van der Waals surface area contributed by atoms with Gasteiger partial charge in [-0.2, -0.15) is 0 Å². The van der Waals surface area contributed by atoms with Crippen LogP contribution < -0.4 is 10.6 Å². The Morgan fingerprint density at radius 3 is 2.25 bits per heavy atom. The lowest BCUT2D eigenvalue weighted by Crippen LogP contribution is -2.28. The number of anilines is 1. The molecule has 3 rings (SSSR count). The molecule has 2 N–H and O–H groups in total. The average Bonchev–Trinajstić information content (AvgIpc) is 2.62. The summed E-state index contributed by atoms with van der Waals surface area (Å²) in [5.74, 6) is -0.240. The van der Waals surface area contributed by atoms with Gasteiger partial charge >= 0.3 is 0 Å². The molecule has 0 saturated heterocycles. The normalized spacial score (nSPS) is 10.2. The molecule has 120 valence electrons. The zero-order valence-electron chi connectivity index (χ0n) is 13.0. The molecule has 0 aliphatic carbocycles. The molecular weight excluding hydrogens is 319 g/mol. The van der Waals surface area contributed by atoms with Crippen molar-refractivity contribution in [2.45, 2.75) is 6.54 Å². The van der Waals surface area contributed by atoms with Crippen LogP contribution in [0.5, 0.6) is 0 Å². The Morgan fingerprint density at radius 1 is 0.833 bits per heavy atom. The summed E-state index contributed by atoms with van der Waals surface area (Å²) in [6.45, 7) is 0.541. The maximum atomic E-state index is 12.9. The van der Waals surface area contributed by atoms with E-state index in [1.165, 1.54) is 12.1 Å². The first-order chi connectivity index (χ1) is 11.7. The van der Waals surface area contributed by atoms with Gasteiger partial charge in [0.2, 0.25) is 0 Å². The molecule has 2 nitrogen and oxygen atoms in total. The third-order valence-corrected chi connectivity index (χ3v) is 3.87. The molecule has 0 saturated carbocycles. The molecule has 0 amide bonds. The second-order valence-corrected chi connectivity index (χ2v) is 5.75. The third kappa shape index (κ3) is 4.18. The van der Waals surface area contributed by atoms with Crippen LogP contribution in [0.2, 0.25) is 0 Å². The van der Waals surface area contributed by atoms with Crippen molar-refractivity contribution in [1.82, 2.24) is 5.32 Å². The first-order valence-electron chi connectivity index (χ1n) is 7.66. The van der Waals surface area contributed by atoms with Gasteiger partial charge in [0, 0.05) is 17.8 Å². The lowest BCUT2D eigenvalue weighted by atomic mass is 10.0. The van der Waals surface area contributed by atoms with Crippen LogP contribution in [-0.4, -0.2) is 5.11 Å². The van der Waals surface area contributed by atoms with Gasteiger partial charge in [0.15, 0.2) is 5.11 Å². The molecule has 0 aromatic heterocycles. The van der Waals surface area contributed by atoms with Crippen LogP contribution in [0.1, 0.15) is 5.56 Å². The van der Waals surface area contributed by atoms with Crippen molar-refractivity contribution in [2.24, 2.45) is 0 Å². The van der Waals surface area contributed by atoms with E-state index in [1.807, 2.05) is 36.4 Å². The van der Waals surface area contributed by atoms with Gasteiger partial charge in [-0.25, -0.2) is 4.39 Å². The smallest absolute Gasteiger partial charge is 0.171 e. The first-order valence-corrected chi connectivity index (χ1v) is 8.07. The van der Waals surface area contributed by atoms with Crippen LogP contribution in [0.15, 0.2) is 78.9 Å². The Kier molecular flexibility index (Phi) is 5.18. The van der Waals surface area contributed by atoms with Gasteiger partial charge < -0.3 is 10.6 Å². The summed E-state index contributed by atoms with van der Waals surface area (Å²) in [5, 5.41) is 6.91. The summed E-state index contributed by atoms with van der Waals surface area (Å²) in [6, 6.07) is 24.5. The summed E-state index contributed by atoms with van der Waals surface area (Å²) in [7, 11) is 0. The average molecular weight is 336 g/mol. The van der Waals surface area contributed by atoms with Crippen molar-refractivity contribution in [1.29, 1.82) is 0 Å². The molecule has 0 aliphatic heterocycles. The highest BCUT2D eigenvalue weighted by Crippen LogP contribution is 2.27. The Labute approximate surface area is 146 Å². The summed E-state index contributed by atoms with van der Waals surface area (Å²) in [4.78, 5) is 0. The monoisotopic (exact) mass is 336 g/mol. The van der Waals surface area contributed by atoms with Crippen molar-refractivity contribution in [3.8, 4) is 11.1 Å². The van der Waals surface area contributed by atoms with E-state index in [9.17, 15) is 4.39 Å². The molecule has 3 aromatic carbocycles. The molecule has 0 atom stereocenters. The van der Waals surface area contributed by atoms with E-state index in [0.29, 0.717) is 11.7 Å². The van der Waals surface area contributed by atoms with Gasteiger partial charge in [-0.05, 0) is 41.5 Å². The SMILES string of the molecule is Fc1ccc(CNC(=S)Nc2ccccc2-c2ccccc2)cc1. The van der Waals surface area contributed by atoms with Crippen molar-refractivity contribution in [3.05, 3.63) is 90.2 Å². The van der Waals surface area contributed by atoms with E-state index in [-0.39, 0.29) is 5.82 Å². The zero-order valence-corrected chi connectivity index (χ0v) is 13.8. The molecule has 24 heavy (non-hydrogen) atoms. The Morgan fingerprint density at radius 2 is 1.50 bits per heavy atom. The minimum absolute atomic E-state index is 0.240. The fourth-order valence-corrected chi connectivity index (χ4v) is 2.59. The minimum Gasteiger partial charge on any atom is -0.358 e. The summed E-state index contributed by atoms with van der Waals surface area (Å²) in [5.41, 5.74) is 4.13. The van der Waals surface area contributed by atoms with Gasteiger partial charge in [-0.3, -0.25) is 0 Å². The molecule has 0 spiro atoms. The quantitative estimate of drug-likeness (QED) is 0.657. The zero-order chi connectivity index (χ0) is 16.8. The number of hydrogen-bond donors (Lipinski definition) is 2. The minimum atomic E-state index is -0.240. The molecule has 0 radical (unpaired) electrons. The highest BCUT2D eigenvalue weighted by Gasteiger charge is 2.05. The van der Waals surface area contributed by atoms with Gasteiger partial charge in [0.25, 0.3) is 0 Å². The number of benzene rings is 3. The fraction of sp³-hybridized carbons (Fsp3) is 0.0500. The van der Waals surface area contributed by atoms with Crippen LogP contribution >= 0.6 is 12.2 Å². The lowest BCUT2D eigenvalue weighted by Gasteiger charge is -2.14. The summed E-state index contributed by atoms with van der Waals surface area (Å²) in [6.07, 6.45) is 0. The second-order valence-electron chi connectivity index (χ2n) is 5.35. The summed E-state index contributed by atoms with van der Waals surface area (Å²) < 4.78 is 12.9. The predicted octanol–water partition coefficient (Wildman–Crippen LogP) is 4.98. The maximum Gasteiger partial charge on any atom is 0.171 e. The van der Waals surface area contributed by atoms with Crippen molar-refractivity contribution < 1.29 is 4.39 Å². The highest BCUT2D eigenvalue weighted by molar-refractivity contribution is 7.80. The maximum absolute atomic E-state index is 12.9. The first kappa shape index (κ1) is 16.1. The molecule has 0 heterocycles. The number of thiocarbonyl (C=S) groups is 1. The number of para-hydroxylation sites is 1. The second kappa shape index (κ2) is 7.70. The van der Waals surface area contributed by atoms with E-state index >= 15 is 0 Å². The van der Waals surface area contributed by atoms with E-state index in [0.717, 1.165) is 22.4 Å². The Balaban J connectivity index is 1.67. The van der Waals surface area contributed by atoms with Gasteiger partial charge in [0.05, 0.1) is 0 Å². The van der Waals surface area contributed by atoms with Crippen LogP contribution in [0.25, 0.3) is 11.1 Å².